The molecular weight excluding hydrogens is 375 g/mol. The van der Waals surface area contributed by atoms with Gasteiger partial charge in [-0.15, -0.1) is 0 Å². The zero-order valence-electron chi connectivity index (χ0n) is 16.4. The van der Waals surface area contributed by atoms with Crippen molar-refractivity contribution < 1.29 is 13.9 Å². The molecule has 2 unspecified atom stereocenters. The summed E-state index contributed by atoms with van der Waals surface area (Å²) in [4.78, 5) is 20.3. The number of primary amides is 1. The molecule has 0 saturated carbocycles. The third-order valence-corrected chi connectivity index (χ3v) is 6.08. The molecule has 9 heteroatoms. The standard InChI is InChI=1S/C20H23FN6O2/c1-10-5-14(18(22)28)15(21)8-16(10)24-20-23-9-17-19(25-20)27(26(17)2)11-6-12-3-4-13(7-11)29-12/h5,8-9,11-13H,3-4,6-7H2,1-2H3,(H2,22,28)(H,23,24,25). The van der Waals surface area contributed by atoms with Crippen molar-refractivity contribution in [2.75, 3.05) is 5.32 Å². The predicted molar refractivity (Wildman–Crippen MR) is 106 cm³/mol. The summed E-state index contributed by atoms with van der Waals surface area (Å²) < 4.78 is 24.4. The highest BCUT2D eigenvalue weighted by Gasteiger charge is 2.37. The summed E-state index contributed by atoms with van der Waals surface area (Å²) in [5.41, 5.74) is 8.08. The second kappa shape index (κ2) is 6.55. The van der Waals surface area contributed by atoms with Crippen LogP contribution in [0.1, 0.15) is 47.6 Å². The number of hydrogen-bond donors (Lipinski definition) is 2. The van der Waals surface area contributed by atoms with Crippen LogP contribution in [0.4, 0.5) is 16.0 Å². The molecule has 3 aromatic rings. The first kappa shape index (κ1) is 18.1. The molecule has 29 heavy (non-hydrogen) atoms. The lowest BCUT2D eigenvalue weighted by Gasteiger charge is -2.35. The van der Waals surface area contributed by atoms with Crippen molar-refractivity contribution in [1.82, 2.24) is 19.3 Å². The zero-order chi connectivity index (χ0) is 20.3. The molecule has 2 bridgehead atoms. The van der Waals surface area contributed by atoms with Gasteiger partial charge in [0.15, 0.2) is 5.65 Å². The Morgan fingerprint density at radius 1 is 1.31 bits per heavy atom. The molecule has 0 radical (unpaired) electrons. The van der Waals surface area contributed by atoms with Gasteiger partial charge in [0, 0.05) is 12.7 Å². The summed E-state index contributed by atoms with van der Waals surface area (Å²) in [5, 5.41) is 3.07. The van der Waals surface area contributed by atoms with Gasteiger partial charge in [-0.2, -0.15) is 4.98 Å². The van der Waals surface area contributed by atoms with Gasteiger partial charge in [-0.25, -0.2) is 9.37 Å². The molecular formula is C20H23FN6O2. The minimum Gasteiger partial charge on any atom is -0.375 e. The van der Waals surface area contributed by atoms with Crippen molar-refractivity contribution in [3.05, 3.63) is 35.3 Å². The van der Waals surface area contributed by atoms with Crippen LogP contribution in [0.2, 0.25) is 0 Å². The van der Waals surface area contributed by atoms with E-state index in [0.717, 1.165) is 36.8 Å². The quantitative estimate of drug-likeness (QED) is 0.704. The van der Waals surface area contributed by atoms with E-state index in [1.807, 2.05) is 7.05 Å². The minimum atomic E-state index is -0.793. The third-order valence-electron chi connectivity index (χ3n) is 6.08. The van der Waals surface area contributed by atoms with Gasteiger partial charge in [0.2, 0.25) is 5.95 Å². The Balaban J connectivity index is 1.45. The summed E-state index contributed by atoms with van der Waals surface area (Å²) >= 11 is 0. The fourth-order valence-corrected chi connectivity index (χ4v) is 4.61. The van der Waals surface area contributed by atoms with Crippen molar-refractivity contribution in [1.29, 1.82) is 0 Å². The van der Waals surface area contributed by atoms with E-state index in [1.165, 1.54) is 12.1 Å². The number of halogens is 1. The largest absolute Gasteiger partial charge is 0.375 e. The van der Waals surface area contributed by atoms with Crippen LogP contribution in [-0.4, -0.2) is 37.4 Å². The van der Waals surface area contributed by atoms with Crippen LogP contribution in [0, 0.1) is 12.7 Å². The number of hydrogen-bond acceptors (Lipinski definition) is 5. The summed E-state index contributed by atoms with van der Waals surface area (Å²) in [6, 6.07) is 3.03. The number of amides is 1. The number of nitrogens with zero attached hydrogens (tertiary/aromatic N) is 4. The number of ether oxygens (including phenoxy) is 1. The van der Waals surface area contributed by atoms with Gasteiger partial charge in [-0.05, 0) is 50.3 Å². The van der Waals surface area contributed by atoms with Crippen LogP contribution in [0.25, 0.3) is 11.2 Å². The van der Waals surface area contributed by atoms with Crippen molar-refractivity contribution in [3.8, 4) is 0 Å². The number of aromatic nitrogens is 4. The molecule has 2 fully saturated rings. The van der Waals surface area contributed by atoms with E-state index in [2.05, 4.69) is 24.6 Å². The topological polar surface area (TPSA) is 100.0 Å². The van der Waals surface area contributed by atoms with E-state index in [4.69, 9.17) is 10.5 Å². The lowest BCUT2D eigenvalue weighted by atomic mass is 10.0. The lowest BCUT2D eigenvalue weighted by molar-refractivity contribution is -0.0199. The molecule has 152 valence electrons. The van der Waals surface area contributed by atoms with Crippen molar-refractivity contribution in [3.63, 3.8) is 0 Å². The molecule has 4 heterocycles. The summed E-state index contributed by atoms with van der Waals surface area (Å²) in [6.07, 6.45) is 6.69. The first-order valence-electron chi connectivity index (χ1n) is 9.83. The van der Waals surface area contributed by atoms with Crippen molar-refractivity contribution in [2.45, 2.75) is 50.9 Å². The van der Waals surface area contributed by atoms with Crippen molar-refractivity contribution in [2.24, 2.45) is 12.8 Å². The Labute approximate surface area is 166 Å². The molecule has 0 aliphatic carbocycles. The first-order valence-corrected chi connectivity index (χ1v) is 9.83. The number of fused-ring (bicyclic) bond motifs is 3. The van der Waals surface area contributed by atoms with E-state index >= 15 is 0 Å². The van der Waals surface area contributed by atoms with E-state index < -0.39 is 11.7 Å². The Morgan fingerprint density at radius 2 is 2.03 bits per heavy atom. The third kappa shape index (κ3) is 2.96. The molecule has 1 amide bonds. The van der Waals surface area contributed by atoms with Crippen LogP contribution >= 0.6 is 0 Å². The number of rotatable bonds is 4. The van der Waals surface area contributed by atoms with Gasteiger partial charge >= 0.3 is 0 Å². The Hall–Kier alpha value is -2.94. The number of anilines is 2. The average Bonchev–Trinajstić information content (AvgIpc) is 3.02. The number of nitrogens with two attached hydrogens (primary N) is 1. The number of benzene rings is 1. The van der Waals surface area contributed by atoms with E-state index in [0.29, 0.717) is 35.4 Å². The highest BCUT2D eigenvalue weighted by Crippen LogP contribution is 2.40. The molecule has 0 spiro atoms. The summed E-state index contributed by atoms with van der Waals surface area (Å²) in [5.74, 6) is -1.08. The lowest BCUT2D eigenvalue weighted by Crippen LogP contribution is -2.34. The summed E-state index contributed by atoms with van der Waals surface area (Å²) in [6.45, 7) is 1.77. The Bertz CT molecular complexity index is 1110. The number of nitrogens with one attached hydrogen (secondary N) is 1. The van der Waals surface area contributed by atoms with Gasteiger partial charge in [0.25, 0.3) is 5.91 Å². The van der Waals surface area contributed by atoms with Crippen LogP contribution in [0.15, 0.2) is 18.3 Å². The first-order chi connectivity index (χ1) is 13.9. The maximum atomic E-state index is 14.2. The molecule has 2 saturated heterocycles. The summed E-state index contributed by atoms with van der Waals surface area (Å²) in [7, 11) is 2.01. The van der Waals surface area contributed by atoms with Gasteiger partial charge in [-0.1, -0.05) is 0 Å². The SMILES string of the molecule is Cc1cc(C(N)=O)c(F)cc1Nc1ncc2c(n1)n(C1CC3CCC(C1)O3)n2C. The van der Waals surface area contributed by atoms with E-state index in [1.54, 1.807) is 13.1 Å². The second-order valence-corrected chi connectivity index (χ2v) is 7.99. The van der Waals surface area contributed by atoms with Crippen molar-refractivity contribution >= 4 is 28.7 Å². The zero-order valence-corrected chi connectivity index (χ0v) is 16.4. The average molecular weight is 398 g/mol. The Morgan fingerprint density at radius 3 is 2.72 bits per heavy atom. The maximum absolute atomic E-state index is 14.2. The fraction of sp³-hybridized carbons (Fsp3) is 0.450. The van der Waals surface area contributed by atoms with Crippen LogP contribution < -0.4 is 11.1 Å². The van der Waals surface area contributed by atoms with Gasteiger partial charge in [0.1, 0.15) is 11.3 Å². The predicted octanol–water partition coefficient (Wildman–Crippen LogP) is 2.94. The molecule has 2 aliphatic rings. The molecule has 2 aromatic heterocycles. The fourth-order valence-electron chi connectivity index (χ4n) is 4.61. The second-order valence-electron chi connectivity index (χ2n) is 7.99. The number of carbonyl (C=O) groups is 1. The highest BCUT2D eigenvalue weighted by atomic mass is 19.1. The molecule has 3 N–H and O–H groups in total. The number of aryl methyl sites for hydroxylation is 2. The van der Waals surface area contributed by atoms with Crippen LogP contribution in [0.3, 0.4) is 0 Å². The maximum Gasteiger partial charge on any atom is 0.251 e. The molecule has 8 nitrogen and oxygen atoms in total. The smallest absolute Gasteiger partial charge is 0.251 e. The van der Waals surface area contributed by atoms with E-state index in [9.17, 15) is 9.18 Å². The minimum absolute atomic E-state index is 0.131. The molecule has 1 aromatic carbocycles. The Kier molecular flexibility index (Phi) is 4.09. The molecule has 2 atom stereocenters. The molecule has 2 aliphatic heterocycles. The van der Waals surface area contributed by atoms with Crippen LogP contribution in [0.5, 0.6) is 0 Å². The van der Waals surface area contributed by atoms with Gasteiger partial charge in [0.05, 0.1) is 30.0 Å². The normalized spacial score (nSPS) is 23.6. The number of carbonyl (C=O) groups excluding carboxylic acids is 1. The van der Waals surface area contributed by atoms with E-state index in [-0.39, 0.29) is 5.56 Å². The van der Waals surface area contributed by atoms with Crippen LogP contribution in [-0.2, 0) is 11.8 Å². The van der Waals surface area contributed by atoms with Gasteiger partial charge in [-0.3, -0.25) is 14.2 Å². The van der Waals surface area contributed by atoms with Gasteiger partial charge < -0.3 is 15.8 Å². The highest BCUT2D eigenvalue weighted by molar-refractivity contribution is 5.94. The molecule has 5 rings (SSSR count). The monoisotopic (exact) mass is 398 g/mol.